The first-order chi connectivity index (χ1) is 19.7. The Kier molecular flexibility index (Phi) is 7.36. The largest absolute Gasteiger partial charge is 0.496 e. The zero-order valence-corrected chi connectivity index (χ0v) is 22.3. The number of methoxy groups -OCH3 is 1. The van der Waals surface area contributed by atoms with Gasteiger partial charge < -0.3 is 9.47 Å². The Bertz CT molecular complexity index is 1700. The highest BCUT2D eigenvalue weighted by Gasteiger charge is 2.09. The molecule has 0 radical (unpaired) electrons. The molecule has 6 rings (SSSR count). The van der Waals surface area contributed by atoms with Crippen molar-refractivity contribution in [1.29, 1.82) is 0 Å². The average molecular weight is 524 g/mol. The number of ether oxygens (including phenoxy) is 2. The first-order valence-corrected chi connectivity index (χ1v) is 13.3. The molecule has 5 heteroatoms. The molecule has 0 amide bonds. The van der Waals surface area contributed by atoms with E-state index in [0.29, 0.717) is 6.61 Å². The van der Waals surface area contributed by atoms with Gasteiger partial charge in [-0.3, -0.25) is 4.98 Å². The van der Waals surface area contributed by atoms with E-state index in [1.54, 1.807) is 13.3 Å². The fraction of sp³-hybridized carbons (Fsp3) is 0.0857. The van der Waals surface area contributed by atoms with Crippen molar-refractivity contribution in [3.63, 3.8) is 0 Å². The van der Waals surface area contributed by atoms with Crippen LogP contribution in [-0.2, 0) is 13.0 Å². The van der Waals surface area contributed by atoms with Gasteiger partial charge in [0, 0.05) is 17.8 Å². The van der Waals surface area contributed by atoms with E-state index < -0.39 is 0 Å². The van der Waals surface area contributed by atoms with Crippen LogP contribution in [0, 0.1) is 0 Å². The highest BCUT2D eigenvalue weighted by atomic mass is 16.5. The molecule has 0 spiro atoms. The summed E-state index contributed by atoms with van der Waals surface area (Å²) < 4.78 is 13.5. The molecule has 196 valence electrons. The molecule has 0 bridgehead atoms. The van der Waals surface area contributed by atoms with Crippen molar-refractivity contribution < 1.29 is 9.47 Å². The molecule has 2 heterocycles. The monoisotopic (exact) mass is 523 g/mol. The summed E-state index contributed by atoms with van der Waals surface area (Å²) in [5.41, 5.74) is 8.51. The molecule has 0 N–H and O–H groups in total. The van der Waals surface area contributed by atoms with Crippen LogP contribution in [0.5, 0.6) is 11.5 Å². The predicted octanol–water partition coefficient (Wildman–Crippen LogP) is 7.77. The van der Waals surface area contributed by atoms with Crippen LogP contribution in [0.1, 0.15) is 39.3 Å². The number of pyridine rings is 1. The molecule has 0 aliphatic heterocycles. The third-order valence-electron chi connectivity index (χ3n) is 6.76. The van der Waals surface area contributed by atoms with E-state index in [1.807, 2.05) is 71.4 Å². The molecule has 40 heavy (non-hydrogen) atoms. The van der Waals surface area contributed by atoms with Gasteiger partial charge in [-0.2, -0.15) is 5.10 Å². The Morgan fingerprint density at radius 3 is 2.60 bits per heavy atom. The summed E-state index contributed by atoms with van der Waals surface area (Å²) in [4.78, 5) is 4.31. The predicted molar refractivity (Wildman–Crippen MR) is 162 cm³/mol. The van der Waals surface area contributed by atoms with Crippen LogP contribution in [0.4, 0.5) is 0 Å². The number of nitrogens with zero attached hydrogens (tertiary/aromatic N) is 3. The maximum atomic E-state index is 5.91. The Morgan fingerprint density at radius 2 is 1.75 bits per heavy atom. The molecule has 3 aromatic carbocycles. The van der Waals surface area contributed by atoms with E-state index in [9.17, 15) is 0 Å². The Morgan fingerprint density at radius 1 is 0.850 bits per heavy atom. The minimum Gasteiger partial charge on any atom is -0.496 e. The number of hydrogen-bond acceptors (Lipinski definition) is 4. The van der Waals surface area contributed by atoms with E-state index in [4.69, 9.17) is 14.6 Å². The minimum absolute atomic E-state index is 0.398. The molecule has 0 atom stereocenters. The Hall–Kier alpha value is -5.16. The number of aromatic nitrogens is 3. The number of fused-ring (bicyclic) bond motifs is 1. The van der Waals surface area contributed by atoms with Crippen molar-refractivity contribution in [2.75, 3.05) is 7.11 Å². The minimum atomic E-state index is 0.398. The lowest BCUT2D eigenvalue weighted by atomic mass is 10.1. The van der Waals surface area contributed by atoms with Gasteiger partial charge in [0.1, 0.15) is 18.1 Å². The first-order valence-electron chi connectivity index (χ1n) is 13.3. The van der Waals surface area contributed by atoms with Crippen LogP contribution in [-0.4, -0.2) is 21.9 Å². The standard InChI is InChI=1S/C35H29N3O2/c1-39-35-24-34(40-25-31-10-5-6-21-36-31)20-17-28(35)16-18-30-23-33(38(37-30)32-11-3-2-4-12-32)19-14-26-13-15-27-8-7-9-29(27)22-26/h2-8,10-24H,9,25H2,1H3/b18-16+,19-14+. The van der Waals surface area contributed by atoms with E-state index in [-0.39, 0.29) is 0 Å². The van der Waals surface area contributed by atoms with Gasteiger partial charge in [-0.15, -0.1) is 0 Å². The van der Waals surface area contributed by atoms with Crippen LogP contribution in [0.15, 0.2) is 103 Å². The van der Waals surface area contributed by atoms with E-state index in [1.165, 1.54) is 16.7 Å². The highest BCUT2D eigenvalue weighted by Crippen LogP contribution is 2.28. The van der Waals surface area contributed by atoms with Gasteiger partial charge >= 0.3 is 0 Å². The number of benzene rings is 3. The van der Waals surface area contributed by atoms with Gasteiger partial charge in [0.2, 0.25) is 0 Å². The van der Waals surface area contributed by atoms with Crippen LogP contribution in [0.3, 0.4) is 0 Å². The molecular formula is C35H29N3O2. The van der Waals surface area contributed by atoms with E-state index >= 15 is 0 Å². The fourth-order valence-electron chi connectivity index (χ4n) is 4.69. The molecule has 1 aliphatic rings. The maximum Gasteiger partial charge on any atom is 0.130 e. The summed E-state index contributed by atoms with van der Waals surface area (Å²) in [7, 11) is 1.66. The second kappa shape index (κ2) is 11.7. The van der Waals surface area contributed by atoms with Crippen molar-refractivity contribution in [3.05, 3.63) is 143 Å². The van der Waals surface area contributed by atoms with Gasteiger partial charge in [0.25, 0.3) is 0 Å². The van der Waals surface area contributed by atoms with E-state index in [2.05, 4.69) is 65.7 Å². The summed E-state index contributed by atoms with van der Waals surface area (Å²) in [6.45, 7) is 0.398. The lowest BCUT2D eigenvalue weighted by Gasteiger charge is -2.09. The first kappa shape index (κ1) is 25.1. The van der Waals surface area contributed by atoms with Gasteiger partial charge in [-0.25, -0.2) is 4.68 Å². The molecule has 0 saturated heterocycles. The van der Waals surface area contributed by atoms with Crippen LogP contribution >= 0.6 is 0 Å². The number of rotatable bonds is 9. The summed E-state index contributed by atoms with van der Waals surface area (Å²) in [6, 6.07) is 30.5. The molecular weight excluding hydrogens is 494 g/mol. The van der Waals surface area contributed by atoms with Gasteiger partial charge in [-0.05, 0) is 83.8 Å². The van der Waals surface area contributed by atoms with Crippen molar-refractivity contribution >= 4 is 30.4 Å². The Balaban J connectivity index is 1.24. The molecule has 0 saturated carbocycles. The lowest BCUT2D eigenvalue weighted by molar-refractivity contribution is 0.299. The second-order valence-corrected chi connectivity index (χ2v) is 9.49. The number of hydrogen-bond donors (Lipinski definition) is 0. The van der Waals surface area contributed by atoms with E-state index in [0.717, 1.165) is 46.3 Å². The highest BCUT2D eigenvalue weighted by molar-refractivity contribution is 5.75. The molecule has 0 unspecified atom stereocenters. The molecule has 2 aromatic heterocycles. The summed E-state index contributed by atoms with van der Waals surface area (Å²) in [6.07, 6.45) is 15.4. The van der Waals surface area contributed by atoms with Crippen molar-refractivity contribution in [1.82, 2.24) is 14.8 Å². The summed E-state index contributed by atoms with van der Waals surface area (Å²) in [5.74, 6) is 1.45. The van der Waals surface area contributed by atoms with Gasteiger partial charge in [0.15, 0.2) is 0 Å². The van der Waals surface area contributed by atoms with Crippen molar-refractivity contribution in [2.24, 2.45) is 0 Å². The lowest BCUT2D eigenvalue weighted by Crippen LogP contribution is -1.98. The van der Waals surface area contributed by atoms with Gasteiger partial charge in [-0.1, -0.05) is 60.7 Å². The zero-order valence-electron chi connectivity index (χ0n) is 22.3. The average Bonchev–Trinajstić information content (AvgIpc) is 3.66. The van der Waals surface area contributed by atoms with Gasteiger partial charge in [0.05, 0.1) is 29.9 Å². The second-order valence-electron chi connectivity index (χ2n) is 9.49. The molecule has 5 aromatic rings. The molecule has 0 fully saturated rings. The molecule has 5 nitrogen and oxygen atoms in total. The number of allylic oxidation sites excluding steroid dienone is 1. The smallest absolute Gasteiger partial charge is 0.130 e. The Labute approximate surface area is 234 Å². The maximum absolute atomic E-state index is 5.91. The third kappa shape index (κ3) is 5.79. The van der Waals surface area contributed by atoms with Crippen LogP contribution in [0.2, 0.25) is 0 Å². The normalized spacial score (nSPS) is 12.3. The summed E-state index contributed by atoms with van der Waals surface area (Å²) in [5, 5.41) is 4.90. The molecule has 1 aliphatic carbocycles. The fourth-order valence-corrected chi connectivity index (χ4v) is 4.69. The zero-order chi connectivity index (χ0) is 27.1. The number of para-hydroxylation sites is 1. The summed E-state index contributed by atoms with van der Waals surface area (Å²) >= 11 is 0. The quantitative estimate of drug-likeness (QED) is 0.198. The van der Waals surface area contributed by atoms with Crippen molar-refractivity contribution in [2.45, 2.75) is 13.0 Å². The topological polar surface area (TPSA) is 49.2 Å². The van der Waals surface area contributed by atoms with Crippen molar-refractivity contribution in [3.8, 4) is 17.2 Å². The van der Waals surface area contributed by atoms with Crippen LogP contribution in [0.25, 0.3) is 36.1 Å². The SMILES string of the molecule is COc1cc(OCc2ccccn2)ccc1/C=C/c1cc(/C=C/c2ccc3c(c2)CC=C3)n(-c2ccccc2)n1. The van der Waals surface area contributed by atoms with Crippen LogP contribution < -0.4 is 9.47 Å². The third-order valence-corrected chi connectivity index (χ3v) is 6.76.